The maximum atomic E-state index is 12.9. The number of amides is 2. The van der Waals surface area contributed by atoms with Gasteiger partial charge in [-0.3, -0.25) is 9.59 Å². The molecule has 1 aliphatic heterocycles. The molecule has 0 aromatic heterocycles. The van der Waals surface area contributed by atoms with Crippen LogP contribution in [-0.4, -0.2) is 54.1 Å². The van der Waals surface area contributed by atoms with Gasteiger partial charge in [0.25, 0.3) is 5.91 Å². The molecule has 2 aromatic carbocycles. The molecule has 26 heavy (non-hydrogen) atoms. The molecule has 2 amide bonds. The molecule has 6 heteroatoms. The molecule has 0 bridgehead atoms. The molecule has 6 nitrogen and oxygen atoms in total. The zero-order chi connectivity index (χ0) is 18.5. The van der Waals surface area contributed by atoms with Crippen LogP contribution < -0.4 is 11.1 Å². The first kappa shape index (κ1) is 18.4. The predicted octanol–water partition coefficient (Wildman–Crippen LogP) is 1.13. The van der Waals surface area contributed by atoms with Crippen LogP contribution in [0, 0.1) is 5.92 Å². The van der Waals surface area contributed by atoms with Gasteiger partial charge in [0, 0.05) is 37.7 Å². The van der Waals surface area contributed by atoms with Crippen molar-refractivity contribution in [3.05, 3.63) is 48.0 Å². The van der Waals surface area contributed by atoms with E-state index in [1.54, 1.807) is 0 Å². The maximum Gasteiger partial charge on any atom is 0.254 e. The minimum Gasteiger partial charge on any atom is -0.390 e. The van der Waals surface area contributed by atoms with Gasteiger partial charge in [-0.25, -0.2) is 0 Å². The van der Waals surface area contributed by atoms with Crippen LogP contribution in [-0.2, 0) is 4.79 Å². The lowest BCUT2D eigenvalue weighted by atomic mass is 9.94. The maximum absolute atomic E-state index is 12.9. The minimum absolute atomic E-state index is 0.0132. The van der Waals surface area contributed by atoms with E-state index >= 15 is 0 Å². The van der Waals surface area contributed by atoms with Crippen LogP contribution in [0.3, 0.4) is 0 Å². The summed E-state index contributed by atoms with van der Waals surface area (Å²) in [7, 11) is 0. The Morgan fingerprint density at radius 2 is 1.85 bits per heavy atom. The first-order valence-electron chi connectivity index (χ1n) is 9.03. The molecule has 138 valence electrons. The summed E-state index contributed by atoms with van der Waals surface area (Å²) < 4.78 is 0. The second-order valence-electron chi connectivity index (χ2n) is 6.73. The molecule has 3 rings (SSSR count). The summed E-state index contributed by atoms with van der Waals surface area (Å²) in [4.78, 5) is 26.9. The fourth-order valence-corrected chi connectivity index (χ4v) is 3.37. The SMILES string of the molecule is NCC(O)CNC(=O)C1CCN(C(=O)c2cccc3ccccc23)CC1. The topological polar surface area (TPSA) is 95.7 Å². The first-order chi connectivity index (χ1) is 12.6. The van der Waals surface area contributed by atoms with Crippen molar-refractivity contribution >= 4 is 22.6 Å². The number of nitrogens with two attached hydrogens (primary N) is 1. The van der Waals surface area contributed by atoms with Gasteiger partial charge in [-0.2, -0.15) is 0 Å². The average molecular weight is 355 g/mol. The summed E-state index contributed by atoms with van der Waals surface area (Å²) in [5.74, 6) is -0.189. The van der Waals surface area contributed by atoms with E-state index in [1.165, 1.54) is 0 Å². The van der Waals surface area contributed by atoms with E-state index in [4.69, 9.17) is 5.73 Å². The number of hydrogen-bond acceptors (Lipinski definition) is 4. The number of aliphatic hydroxyl groups excluding tert-OH is 1. The van der Waals surface area contributed by atoms with E-state index in [-0.39, 0.29) is 30.8 Å². The summed E-state index contributed by atoms with van der Waals surface area (Å²) >= 11 is 0. The van der Waals surface area contributed by atoms with Crippen molar-refractivity contribution in [2.75, 3.05) is 26.2 Å². The van der Waals surface area contributed by atoms with Crippen LogP contribution in [0.1, 0.15) is 23.2 Å². The number of carbonyl (C=O) groups is 2. The lowest BCUT2D eigenvalue weighted by Gasteiger charge is -2.31. The Balaban J connectivity index is 1.61. The average Bonchev–Trinajstić information content (AvgIpc) is 2.70. The number of fused-ring (bicyclic) bond motifs is 1. The Kier molecular flexibility index (Phi) is 5.85. The van der Waals surface area contributed by atoms with Crippen molar-refractivity contribution in [3.8, 4) is 0 Å². The van der Waals surface area contributed by atoms with E-state index in [9.17, 15) is 14.7 Å². The van der Waals surface area contributed by atoms with E-state index in [0.717, 1.165) is 10.8 Å². The Morgan fingerprint density at radius 1 is 1.15 bits per heavy atom. The summed E-state index contributed by atoms with van der Waals surface area (Å²) in [5, 5.41) is 14.2. The predicted molar refractivity (Wildman–Crippen MR) is 101 cm³/mol. The summed E-state index contributed by atoms with van der Waals surface area (Å²) in [6.45, 7) is 1.40. The first-order valence-corrected chi connectivity index (χ1v) is 9.03. The molecule has 1 aliphatic rings. The fourth-order valence-electron chi connectivity index (χ4n) is 3.37. The van der Waals surface area contributed by atoms with Crippen LogP contribution in [0.15, 0.2) is 42.5 Å². The van der Waals surface area contributed by atoms with Crippen molar-refractivity contribution < 1.29 is 14.7 Å². The van der Waals surface area contributed by atoms with Crippen molar-refractivity contribution in [3.63, 3.8) is 0 Å². The summed E-state index contributed by atoms with van der Waals surface area (Å²) in [5.41, 5.74) is 6.04. The van der Waals surface area contributed by atoms with Gasteiger partial charge in [-0.05, 0) is 29.7 Å². The number of piperidine rings is 1. The molecule has 1 unspecified atom stereocenters. The highest BCUT2D eigenvalue weighted by atomic mass is 16.3. The number of carbonyl (C=O) groups excluding carboxylic acids is 2. The molecule has 1 atom stereocenters. The van der Waals surface area contributed by atoms with Crippen LogP contribution in [0.2, 0.25) is 0 Å². The van der Waals surface area contributed by atoms with E-state index in [0.29, 0.717) is 31.5 Å². The van der Waals surface area contributed by atoms with Crippen molar-refractivity contribution in [2.24, 2.45) is 11.7 Å². The highest BCUT2D eigenvalue weighted by Gasteiger charge is 2.28. The second kappa shape index (κ2) is 8.29. The molecule has 4 N–H and O–H groups in total. The third kappa shape index (κ3) is 4.03. The molecule has 1 saturated heterocycles. The van der Waals surface area contributed by atoms with Gasteiger partial charge in [0.1, 0.15) is 0 Å². The number of rotatable bonds is 5. The highest BCUT2D eigenvalue weighted by molar-refractivity contribution is 6.07. The Morgan fingerprint density at radius 3 is 2.58 bits per heavy atom. The lowest BCUT2D eigenvalue weighted by molar-refractivity contribution is -0.126. The monoisotopic (exact) mass is 355 g/mol. The Bertz CT molecular complexity index is 779. The van der Waals surface area contributed by atoms with E-state index < -0.39 is 6.10 Å². The van der Waals surface area contributed by atoms with Gasteiger partial charge in [0.2, 0.25) is 5.91 Å². The van der Waals surface area contributed by atoms with Gasteiger partial charge in [0.15, 0.2) is 0 Å². The molecule has 0 aliphatic carbocycles. The number of hydrogen-bond donors (Lipinski definition) is 3. The highest BCUT2D eigenvalue weighted by Crippen LogP contribution is 2.23. The quantitative estimate of drug-likeness (QED) is 0.749. The Hall–Kier alpha value is -2.44. The van der Waals surface area contributed by atoms with E-state index in [1.807, 2.05) is 47.4 Å². The summed E-state index contributed by atoms with van der Waals surface area (Å²) in [6.07, 6.45) is 0.536. The molecule has 2 aromatic rings. The molecule has 0 radical (unpaired) electrons. The normalized spacial score (nSPS) is 16.5. The molecular weight excluding hydrogens is 330 g/mol. The molecular formula is C20H25N3O3. The Labute approximate surface area is 153 Å². The van der Waals surface area contributed by atoms with Crippen molar-refractivity contribution in [1.29, 1.82) is 0 Å². The number of aliphatic hydroxyl groups is 1. The minimum atomic E-state index is -0.716. The van der Waals surface area contributed by atoms with Crippen LogP contribution in [0.25, 0.3) is 10.8 Å². The zero-order valence-corrected chi connectivity index (χ0v) is 14.7. The number of nitrogens with zero attached hydrogens (tertiary/aromatic N) is 1. The van der Waals surface area contributed by atoms with Crippen LogP contribution in [0.5, 0.6) is 0 Å². The van der Waals surface area contributed by atoms with Gasteiger partial charge in [-0.1, -0.05) is 36.4 Å². The third-order valence-corrected chi connectivity index (χ3v) is 4.96. The van der Waals surface area contributed by atoms with E-state index in [2.05, 4.69) is 5.32 Å². The van der Waals surface area contributed by atoms with Crippen molar-refractivity contribution in [2.45, 2.75) is 18.9 Å². The molecule has 1 fully saturated rings. The number of nitrogens with one attached hydrogen (secondary N) is 1. The fraction of sp³-hybridized carbons (Fsp3) is 0.400. The van der Waals surface area contributed by atoms with Gasteiger partial charge in [-0.15, -0.1) is 0 Å². The second-order valence-corrected chi connectivity index (χ2v) is 6.73. The smallest absolute Gasteiger partial charge is 0.254 e. The summed E-state index contributed by atoms with van der Waals surface area (Å²) in [6, 6.07) is 13.6. The number of likely N-dealkylation sites (tertiary alicyclic amines) is 1. The lowest BCUT2D eigenvalue weighted by Crippen LogP contribution is -2.45. The van der Waals surface area contributed by atoms with Gasteiger partial charge < -0.3 is 21.1 Å². The van der Waals surface area contributed by atoms with Crippen LogP contribution in [0.4, 0.5) is 0 Å². The molecule has 0 saturated carbocycles. The molecule has 1 heterocycles. The van der Waals surface area contributed by atoms with Crippen LogP contribution >= 0.6 is 0 Å². The van der Waals surface area contributed by atoms with Crippen molar-refractivity contribution in [1.82, 2.24) is 10.2 Å². The largest absolute Gasteiger partial charge is 0.390 e. The standard InChI is InChI=1S/C20H25N3O3/c21-12-16(24)13-22-19(25)15-8-10-23(11-9-15)20(26)18-7-3-5-14-4-1-2-6-17(14)18/h1-7,15-16,24H,8-13,21H2,(H,22,25). The van der Waals surface area contributed by atoms with Gasteiger partial charge in [0.05, 0.1) is 6.10 Å². The number of benzene rings is 2. The molecule has 0 spiro atoms. The van der Waals surface area contributed by atoms with Gasteiger partial charge >= 0.3 is 0 Å². The zero-order valence-electron chi connectivity index (χ0n) is 14.7. The third-order valence-electron chi connectivity index (χ3n) is 4.96.